The van der Waals surface area contributed by atoms with Gasteiger partial charge in [-0.1, -0.05) is 125 Å². The van der Waals surface area contributed by atoms with Crippen molar-refractivity contribution < 1.29 is 9.47 Å². The molecule has 1 heterocycles. The maximum atomic E-state index is 7.66. The predicted molar refractivity (Wildman–Crippen MR) is 185 cm³/mol. The molecule has 5 aromatic rings. The van der Waals surface area contributed by atoms with Gasteiger partial charge in [0.15, 0.2) is 11.3 Å². The number of hydrogen-bond donors (Lipinski definition) is 0. The molecule has 45 heavy (non-hydrogen) atoms. The molecule has 0 spiro atoms. The summed E-state index contributed by atoms with van der Waals surface area (Å²) in [5.41, 5.74) is 9.09. The van der Waals surface area contributed by atoms with E-state index < -0.39 is 5.60 Å². The minimum Gasteiger partial charge on any atom is -0.497 e. The normalized spacial score (nSPS) is 17.2. The number of hydrogen-bond acceptors (Lipinski definition) is 2. The fourth-order valence-corrected chi connectivity index (χ4v) is 7.48. The lowest BCUT2D eigenvalue weighted by atomic mass is 9.76. The first-order chi connectivity index (χ1) is 21.9. The number of methoxy groups -OCH3 is 1. The average Bonchev–Trinajstić information content (AvgIpc) is 3.33. The predicted octanol–water partition coefficient (Wildman–Crippen LogP) is 11.2. The molecular weight excluding hydrogens is 550 g/mol. The van der Waals surface area contributed by atoms with Crippen molar-refractivity contribution in [3.05, 3.63) is 142 Å². The number of fused-ring (bicyclic) bond motifs is 8. The first kappa shape index (κ1) is 28.9. The van der Waals surface area contributed by atoms with Gasteiger partial charge in [-0.3, -0.25) is 0 Å². The Morgan fingerprint density at radius 1 is 0.822 bits per heavy atom. The van der Waals surface area contributed by atoms with E-state index >= 15 is 0 Å². The topological polar surface area (TPSA) is 22.8 Å². The Hall–Kier alpha value is -4.81. The summed E-state index contributed by atoms with van der Waals surface area (Å²) in [5.74, 6) is 1.72. The molecule has 0 amide bonds. The lowest BCUT2D eigenvalue weighted by molar-refractivity contribution is 0.163. The minimum atomic E-state index is -0.816. The molecule has 0 fully saturated rings. The molecule has 0 aromatic heterocycles. The zero-order valence-electron chi connectivity index (χ0n) is 26.6. The van der Waals surface area contributed by atoms with Gasteiger partial charge in [-0.05, 0) is 64.3 Å². The molecule has 1 atom stereocenters. The Labute approximate surface area is 267 Å². The smallest absolute Gasteiger partial charge is 0.187 e. The largest absolute Gasteiger partial charge is 0.497 e. The van der Waals surface area contributed by atoms with Crippen molar-refractivity contribution in [3.8, 4) is 22.6 Å². The van der Waals surface area contributed by atoms with Crippen LogP contribution in [0, 0.1) is 6.57 Å². The highest BCUT2D eigenvalue weighted by molar-refractivity contribution is 6.08. The van der Waals surface area contributed by atoms with Gasteiger partial charge < -0.3 is 9.47 Å². The summed E-state index contributed by atoms with van der Waals surface area (Å²) >= 11 is 0. The maximum Gasteiger partial charge on any atom is 0.187 e. The van der Waals surface area contributed by atoms with Crippen molar-refractivity contribution in [1.29, 1.82) is 0 Å². The van der Waals surface area contributed by atoms with Crippen molar-refractivity contribution in [2.45, 2.75) is 63.9 Å². The van der Waals surface area contributed by atoms with E-state index in [1.165, 1.54) is 58.9 Å². The van der Waals surface area contributed by atoms with Crippen molar-refractivity contribution in [3.63, 3.8) is 0 Å². The van der Waals surface area contributed by atoms with Crippen LogP contribution in [0.1, 0.15) is 79.8 Å². The molecule has 224 valence electrons. The Balaban J connectivity index is 1.42. The summed E-state index contributed by atoms with van der Waals surface area (Å²) in [4.78, 5) is 3.76. The summed E-state index contributed by atoms with van der Waals surface area (Å²) in [6.45, 7) is 14.5. The van der Waals surface area contributed by atoms with Crippen LogP contribution in [0.3, 0.4) is 0 Å². The van der Waals surface area contributed by atoms with Gasteiger partial charge in [-0.25, -0.2) is 4.85 Å². The summed E-state index contributed by atoms with van der Waals surface area (Å²) in [7, 11) is 1.70. The van der Waals surface area contributed by atoms with E-state index in [2.05, 4.69) is 111 Å². The van der Waals surface area contributed by atoms with E-state index in [-0.39, 0.29) is 5.41 Å². The molecule has 2 aliphatic rings. The maximum absolute atomic E-state index is 7.66. The summed E-state index contributed by atoms with van der Waals surface area (Å²) < 4.78 is 12.9. The standard InChI is InChI=1S/C42H39NO2/c1-6-7-8-9-12-28-15-17-29(18-16-28)42(30-19-22-32(44-5)23-20-30)26-25-36-39-38(33-13-10-11-14-34(33)40(36)45-42)35-24-21-31(43-4)27-37(35)41(39,2)3/h10-11,13-27H,6-9,12H2,1-3,5H3. The fourth-order valence-electron chi connectivity index (χ4n) is 7.48. The van der Waals surface area contributed by atoms with Gasteiger partial charge in [0.25, 0.3) is 0 Å². The lowest BCUT2D eigenvalue weighted by Gasteiger charge is -2.38. The Kier molecular flexibility index (Phi) is 7.25. The molecule has 0 saturated heterocycles. The molecule has 1 aliphatic carbocycles. The number of unbranched alkanes of at least 4 members (excludes halogenated alkanes) is 3. The molecule has 5 aromatic carbocycles. The Bertz CT molecular complexity index is 1980. The van der Waals surface area contributed by atoms with E-state index in [0.717, 1.165) is 40.0 Å². The average molecular weight is 590 g/mol. The highest BCUT2D eigenvalue weighted by atomic mass is 16.5. The number of rotatable bonds is 8. The highest BCUT2D eigenvalue weighted by Gasteiger charge is 2.44. The first-order valence-electron chi connectivity index (χ1n) is 16.1. The van der Waals surface area contributed by atoms with E-state index in [1.54, 1.807) is 7.11 Å². The van der Waals surface area contributed by atoms with Crippen LogP contribution in [0.15, 0.2) is 97.1 Å². The molecule has 0 bridgehead atoms. The van der Waals surface area contributed by atoms with Gasteiger partial charge in [0, 0.05) is 27.5 Å². The van der Waals surface area contributed by atoms with Crippen molar-refractivity contribution in [2.75, 3.05) is 7.11 Å². The van der Waals surface area contributed by atoms with Gasteiger partial charge in [-0.2, -0.15) is 0 Å². The van der Waals surface area contributed by atoms with Crippen LogP contribution in [0.2, 0.25) is 0 Å². The molecular formula is C42H39NO2. The number of aryl methyl sites for hydroxylation is 1. The molecule has 1 unspecified atom stereocenters. The van der Waals surface area contributed by atoms with Gasteiger partial charge in [0.05, 0.1) is 13.7 Å². The van der Waals surface area contributed by atoms with Crippen LogP contribution >= 0.6 is 0 Å². The SMILES string of the molecule is [C-]#[N+]c1ccc2c(c1)C(C)(C)c1c3c(c4ccccc4c1-2)OC(c1ccc(CCCCCC)cc1)(c1ccc(OC)cc1)C=C3. The zero-order chi connectivity index (χ0) is 31.2. The second-order valence-corrected chi connectivity index (χ2v) is 12.9. The first-order valence-corrected chi connectivity index (χ1v) is 16.1. The third-order valence-corrected chi connectivity index (χ3v) is 9.87. The van der Waals surface area contributed by atoms with E-state index in [1.807, 2.05) is 18.2 Å². The van der Waals surface area contributed by atoms with Crippen LogP contribution in [0.5, 0.6) is 11.5 Å². The van der Waals surface area contributed by atoms with E-state index in [0.29, 0.717) is 5.69 Å². The monoisotopic (exact) mass is 589 g/mol. The van der Waals surface area contributed by atoms with Gasteiger partial charge >= 0.3 is 0 Å². The molecule has 7 rings (SSSR count). The van der Waals surface area contributed by atoms with Gasteiger partial charge in [0.2, 0.25) is 0 Å². The number of nitrogens with zero attached hydrogens (tertiary/aromatic N) is 1. The molecule has 1 aliphatic heterocycles. The Morgan fingerprint density at radius 3 is 2.22 bits per heavy atom. The van der Waals surface area contributed by atoms with Gasteiger partial charge in [0.1, 0.15) is 11.5 Å². The molecule has 0 N–H and O–H groups in total. The molecule has 0 radical (unpaired) electrons. The van der Waals surface area contributed by atoms with E-state index in [4.69, 9.17) is 16.0 Å². The van der Waals surface area contributed by atoms with Crippen molar-refractivity contribution >= 4 is 22.5 Å². The van der Waals surface area contributed by atoms with Crippen LogP contribution in [0.4, 0.5) is 5.69 Å². The quantitative estimate of drug-likeness (QED) is 0.133. The molecule has 0 saturated carbocycles. The van der Waals surface area contributed by atoms with Crippen molar-refractivity contribution in [2.24, 2.45) is 0 Å². The zero-order valence-corrected chi connectivity index (χ0v) is 26.6. The summed E-state index contributed by atoms with van der Waals surface area (Å²) in [5, 5.41) is 2.27. The third kappa shape index (κ3) is 4.63. The number of benzene rings is 5. The van der Waals surface area contributed by atoms with Gasteiger partial charge in [-0.15, -0.1) is 0 Å². The van der Waals surface area contributed by atoms with Crippen LogP contribution in [0.25, 0.3) is 32.8 Å². The fraction of sp³-hybridized carbons (Fsp3) is 0.262. The van der Waals surface area contributed by atoms with Crippen molar-refractivity contribution in [1.82, 2.24) is 0 Å². The molecule has 3 heteroatoms. The van der Waals surface area contributed by atoms with Crippen LogP contribution < -0.4 is 9.47 Å². The van der Waals surface area contributed by atoms with E-state index in [9.17, 15) is 0 Å². The van der Waals surface area contributed by atoms with Crippen LogP contribution in [-0.4, -0.2) is 7.11 Å². The second kappa shape index (κ2) is 11.3. The highest BCUT2D eigenvalue weighted by Crippen LogP contribution is 2.58. The summed E-state index contributed by atoms with van der Waals surface area (Å²) in [6, 6.07) is 32.1. The third-order valence-electron chi connectivity index (χ3n) is 9.87. The minimum absolute atomic E-state index is 0.299. The Morgan fingerprint density at radius 2 is 1.53 bits per heavy atom. The van der Waals surface area contributed by atoms with Crippen LogP contribution in [-0.2, 0) is 17.4 Å². The molecule has 3 nitrogen and oxygen atoms in total. The second-order valence-electron chi connectivity index (χ2n) is 12.9. The summed E-state index contributed by atoms with van der Waals surface area (Å²) in [6.07, 6.45) is 10.6. The lowest BCUT2D eigenvalue weighted by Crippen LogP contribution is -2.35. The number of ether oxygens (including phenoxy) is 2.